The maximum atomic E-state index is 14.6. The molecule has 0 saturated carbocycles. The van der Waals surface area contributed by atoms with Crippen LogP contribution in [0.5, 0.6) is 0 Å². The number of anilines is 1. The van der Waals surface area contributed by atoms with E-state index in [2.05, 4.69) is 31.7 Å². The summed E-state index contributed by atoms with van der Waals surface area (Å²) in [5.41, 5.74) is 0.246. The second-order valence-corrected chi connectivity index (χ2v) is 7.62. The van der Waals surface area contributed by atoms with E-state index in [1.807, 2.05) is 4.90 Å². The fourth-order valence-electron chi connectivity index (χ4n) is 3.57. The molecule has 6 nitrogen and oxygen atoms in total. The lowest BCUT2D eigenvalue weighted by Crippen LogP contribution is -2.47. The molecule has 1 fully saturated rings. The predicted octanol–water partition coefficient (Wildman–Crippen LogP) is 3.80. The van der Waals surface area contributed by atoms with Crippen molar-refractivity contribution in [3.8, 4) is 0 Å². The van der Waals surface area contributed by atoms with Crippen LogP contribution in [-0.2, 0) is 4.84 Å². The molecule has 2 aliphatic rings. The Morgan fingerprint density at radius 2 is 1.86 bits per heavy atom. The van der Waals surface area contributed by atoms with E-state index >= 15 is 0 Å². The van der Waals surface area contributed by atoms with Gasteiger partial charge in [-0.25, -0.2) is 18.0 Å². The van der Waals surface area contributed by atoms with Crippen LogP contribution in [0.25, 0.3) is 0 Å². The fourth-order valence-corrected chi connectivity index (χ4v) is 3.97. The van der Waals surface area contributed by atoms with Gasteiger partial charge in [-0.05, 0) is 36.4 Å². The molecule has 2 N–H and O–H groups in total. The Morgan fingerprint density at radius 3 is 2.55 bits per heavy atom. The van der Waals surface area contributed by atoms with Crippen molar-refractivity contribution in [2.45, 2.75) is 12.0 Å². The molecule has 2 atom stereocenters. The number of amidine groups is 1. The number of amides is 2. The Kier molecular flexibility index (Phi) is 5.35. The van der Waals surface area contributed by atoms with Crippen LogP contribution in [0.3, 0.4) is 0 Å². The van der Waals surface area contributed by atoms with Crippen LogP contribution < -0.4 is 10.6 Å². The van der Waals surface area contributed by atoms with E-state index in [0.717, 1.165) is 0 Å². The van der Waals surface area contributed by atoms with Crippen LogP contribution in [-0.4, -0.2) is 42.5 Å². The molecule has 2 heterocycles. The molecule has 0 unspecified atom stereocenters. The lowest BCUT2D eigenvalue weighted by atomic mass is 9.93. The van der Waals surface area contributed by atoms with Gasteiger partial charge < -0.3 is 20.4 Å². The minimum Gasteiger partial charge on any atom is -0.392 e. The number of carbonyl (C=O) groups is 1. The van der Waals surface area contributed by atoms with E-state index in [9.17, 15) is 18.0 Å². The lowest BCUT2D eigenvalue weighted by molar-refractivity contribution is 0.106. The highest BCUT2D eigenvalue weighted by Gasteiger charge is 2.44. The van der Waals surface area contributed by atoms with Crippen molar-refractivity contribution >= 4 is 33.5 Å². The molecular weight excluding hydrogens is 453 g/mol. The number of carbonyl (C=O) groups excluding carboxylic acids is 1. The van der Waals surface area contributed by atoms with Crippen molar-refractivity contribution in [3.05, 3.63) is 63.9 Å². The van der Waals surface area contributed by atoms with Crippen molar-refractivity contribution in [1.82, 2.24) is 10.2 Å². The van der Waals surface area contributed by atoms with Crippen LogP contribution in [0.1, 0.15) is 11.5 Å². The second-order valence-electron chi connectivity index (χ2n) is 6.70. The summed E-state index contributed by atoms with van der Waals surface area (Å²) in [6.45, 7) is 1.11. The summed E-state index contributed by atoms with van der Waals surface area (Å²) in [5, 5.41) is 9.29. The van der Waals surface area contributed by atoms with Gasteiger partial charge in [0.1, 0.15) is 30.1 Å². The summed E-state index contributed by atoms with van der Waals surface area (Å²) in [4.78, 5) is 19.5. The molecule has 152 valence electrons. The third kappa shape index (κ3) is 4.02. The summed E-state index contributed by atoms with van der Waals surface area (Å²) < 4.78 is 42.6. The van der Waals surface area contributed by atoms with Crippen molar-refractivity contribution in [3.63, 3.8) is 0 Å². The Balaban J connectivity index is 1.61. The van der Waals surface area contributed by atoms with Gasteiger partial charge in [-0.2, -0.15) is 0 Å². The molecule has 4 rings (SSSR count). The highest BCUT2D eigenvalue weighted by Crippen LogP contribution is 2.35. The van der Waals surface area contributed by atoms with E-state index in [0.29, 0.717) is 24.7 Å². The maximum Gasteiger partial charge on any atom is 0.319 e. The molecular formula is C19H16BrF3N4O2. The number of nitrogens with zero attached hydrogens (tertiary/aromatic N) is 2. The number of hydrogen-bond donors (Lipinski definition) is 2. The topological polar surface area (TPSA) is 66.0 Å². The molecule has 0 spiro atoms. The van der Waals surface area contributed by atoms with E-state index < -0.39 is 35.4 Å². The van der Waals surface area contributed by atoms with Gasteiger partial charge in [-0.15, -0.1) is 0 Å². The number of nitrogens with one attached hydrogen (secondary N) is 2. The molecule has 0 bridgehead atoms. The first-order valence-corrected chi connectivity index (χ1v) is 9.64. The summed E-state index contributed by atoms with van der Waals surface area (Å²) in [7, 11) is 0. The largest absolute Gasteiger partial charge is 0.392 e. The third-order valence-electron chi connectivity index (χ3n) is 4.84. The van der Waals surface area contributed by atoms with Crippen molar-refractivity contribution in [1.29, 1.82) is 0 Å². The Bertz CT molecular complexity index is 947. The van der Waals surface area contributed by atoms with E-state index in [1.165, 1.54) is 36.4 Å². The molecule has 10 heteroatoms. The van der Waals surface area contributed by atoms with Gasteiger partial charge in [0.25, 0.3) is 0 Å². The highest BCUT2D eigenvalue weighted by atomic mass is 79.9. The standard InChI is InChI=1S/C19H16BrF3N4O2/c20-10-7-14(22)16(15(23)8-10)13-9-27-5-6-29-26-18(27)17(13)25-19(28)24-12-3-1-11(21)2-4-12/h1-4,7-8,13,17H,5-6,9H2,(H2,24,25,28)/t13-,17-/m0/s1. The number of fused-ring (bicyclic) bond motifs is 1. The minimum absolute atomic E-state index is 0.127. The molecule has 1 saturated heterocycles. The second kappa shape index (κ2) is 7.94. The molecule has 0 aromatic heterocycles. The van der Waals surface area contributed by atoms with E-state index in [-0.39, 0.29) is 16.6 Å². The zero-order chi connectivity index (χ0) is 20.5. The summed E-state index contributed by atoms with van der Waals surface area (Å²) in [5.74, 6) is -2.17. The van der Waals surface area contributed by atoms with Crippen molar-refractivity contribution in [2.75, 3.05) is 25.0 Å². The summed E-state index contributed by atoms with van der Waals surface area (Å²) >= 11 is 3.07. The molecule has 2 aliphatic heterocycles. The molecule has 2 aromatic carbocycles. The van der Waals surface area contributed by atoms with Crippen LogP contribution in [0.15, 0.2) is 46.0 Å². The number of rotatable bonds is 3. The lowest BCUT2D eigenvalue weighted by Gasteiger charge is -2.24. The van der Waals surface area contributed by atoms with Crippen LogP contribution in [0, 0.1) is 17.5 Å². The third-order valence-corrected chi connectivity index (χ3v) is 5.29. The zero-order valence-corrected chi connectivity index (χ0v) is 16.5. The highest BCUT2D eigenvalue weighted by molar-refractivity contribution is 9.10. The summed E-state index contributed by atoms with van der Waals surface area (Å²) in [6, 6.07) is 6.18. The van der Waals surface area contributed by atoms with Gasteiger partial charge in [0.15, 0.2) is 5.84 Å². The number of oxime groups is 1. The average molecular weight is 469 g/mol. The van der Waals surface area contributed by atoms with Crippen LogP contribution in [0.2, 0.25) is 0 Å². The fraction of sp³-hybridized carbons (Fsp3) is 0.263. The number of halogens is 4. The first-order chi connectivity index (χ1) is 13.9. The van der Waals surface area contributed by atoms with Gasteiger partial charge >= 0.3 is 6.03 Å². The van der Waals surface area contributed by atoms with Crippen LogP contribution in [0.4, 0.5) is 23.7 Å². The normalized spacial score (nSPS) is 20.6. The first-order valence-electron chi connectivity index (χ1n) is 8.84. The molecule has 0 radical (unpaired) electrons. The minimum atomic E-state index is -0.805. The smallest absolute Gasteiger partial charge is 0.319 e. The zero-order valence-electron chi connectivity index (χ0n) is 15.0. The SMILES string of the molecule is O=C(Nc1ccc(F)cc1)N[C@@H]1C2=NOCCN2C[C@H]1c1c(F)cc(Br)cc1F. The average Bonchev–Trinajstić information content (AvgIpc) is 3.01. The molecule has 2 amide bonds. The van der Waals surface area contributed by atoms with Crippen molar-refractivity contribution < 1.29 is 22.8 Å². The molecule has 29 heavy (non-hydrogen) atoms. The van der Waals surface area contributed by atoms with Gasteiger partial charge in [-0.1, -0.05) is 21.1 Å². The quantitative estimate of drug-likeness (QED) is 0.719. The predicted molar refractivity (Wildman–Crippen MR) is 104 cm³/mol. The van der Waals surface area contributed by atoms with Gasteiger partial charge in [-0.3, -0.25) is 0 Å². The van der Waals surface area contributed by atoms with Gasteiger partial charge in [0, 0.05) is 28.2 Å². The first kappa shape index (κ1) is 19.6. The maximum absolute atomic E-state index is 14.6. The van der Waals surface area contributed by atoms with Crippen molar-refractivity contribution in [2.24, 2.45) is 5.16 Å². The number of hydrogen-bond acceptors (Lipinski definition) is 4. The Labute approximate surface area is 172 Å². The molecule has 2 aromatic rings. The monoisotopic (exact) mass is 468 g/mol. The Hall–Kier alpha value is -2.75. The van der Waals surface area contributed by atoms with Gasteiger partial charge in [0.05, 0.1) is 6.54 Å². The number of benzene rings is 2. The Morgan fingerprint density at radius 1 is 1.17 bits per heavy atom. The van der Waals surface area contributed by atoms with Crippen LogP contribution >= 0.6 is 15.9 Å². The molecule has 0 aliphatic carbocycles. The summed E-state index contributed by atoms with van der Waals surface area (Å²) in [6.07, 6.45) is 0. The van der Waals surface area contributed by atoms with Gasteiger partial charge in [0.2, 0.25) is 0 Å². The van der Waals surface area contributed by atoms with E-state index in [1.54, 1.807) is 0 Å². The number of urea groups is 1. The van der Waals surface area contributed by atoms with E-state index in [4.69, 9.17) is 4.84 Å².